The number of aliphatic hydroxyl groups excluding tert-OH is 1. The Morgan fingerprint density at radius 2 is 1.95 bits per heavy atom. The molecule has 12 nitrogen and oxygen atoms in total. The minimum Gasteiger partial charge on any atom is -0.460 e. The van der Waals surface area contributed by atoms with Gasteiger partial charge in [0.25, 0.3) is 0 Å². The molecule has 0 aromatic carbocycles. The van der Waals surface area contributed by atoms with E-state index in [0.29, 0.717) is 84.3 Å². The van der Waals surface area contributed by atoms with Gasteiger partial charge in [-0.15, -0.1) is 13.2 Å². The molecule has 4 heterocycles. The molecule has 3 amide bonds. The minimum absolute atomic E-state index is 0.0587. The second kappa shape index (κ2) is 16.0. The highest BCUT2D eigenvalue weighted by Crippen LogP contribution is 2.58. The summed E-state index contributed by atoms with van der Waals surface area (Å²) in [5.74, 6) is -2.79. The van der Waals surface area contributed by atoms with E-state index in [1.165, 1.54) is 0 Å². The number of ether oxygens (including phenoxy) is 3. The van der Waals surface area contributed by atoms with Crippen LogP contribution in [-0.4, -0.2) is 133 Å². The van der Waals surface area contributed by atoms with Gasteiger partial charge in [-0.25, -0.2) is 0 Å². The molecule has 4 aliphatic heterocycles. The van der Waals surface area contributed by atoms with Gasteiger partial charge in [-0.2, -0.15) is 0 Å². The summed E-state index contributed by atoms with van der Waals surface area (Å²) in [7, 11) is 0. The highest BCUT2D eigenvalue weighted by molar-refractivity contribution is 5.98. The van der Waals surface area contributed by atoms with Crippen LogP contribution in [0.3, 0.4) is 0 Å². The van der Waals surface area contributed by atoms with Crippen molar-refractivity contribution >= 4 is 23.7 Å². The van der Waals surface area contributed by atoms with E-state index in [4.69, 9.17) is 14.2 Å². The summed E-state index contributed by atoms with van der Waals surface area (Å²) in [4.78, 5) is 59.8. The predicted molar refractivity (Wildman–Crippen MR) is 162 cm³/mol. The Balaban J connectivity index is 1.51. The number of morpholine rings is 1. The summed E-state index contributed by atoms with van der Waals surface area (Å²) in [6.45, 7) is 14.1. The lowest BCUT2D eigenvalue weighted by atomic mass is 9.70. The van der Waals surface area contributed by atoms with Crippen molar-refractivity contribution in [2.45, 2.75) is 75.7 Å². The lowest BCUT2D eigenvalue weighted by molar-refractivity contribution is -0.159. The zero-order chi connectivity index (χ0) is 31.7. The van der Waals surface area contributed by atoms with Gasteiger partial charge in [0, 0.05) is 52.3 Å². The first kappa shape index (κ1) is 34.1. The third-order valence-electron chi connectivity index (χ3n) is 9.29. The third-order valence-corrected chi connectivity index (χ3v) is 9.29. The molecule has 0 unspecified atom stereocenters. The van der Waals surface area contributed by atoms with Crippen LogP contribution in [0.4, 0.5) is 0 Å². The number of likely N-dealkylation sites (tertiary alicyclic amines) is 1. The average molecular weight is 619 g/mol. The molecule has 2 N–H and O–H groups in total. The van der Waals surface area contributed by atoms with Crippen LogP contribution in [0.2, 0.25) is 0 Å². The van der Waals surface area contributed by atoms with E-state index < -0.39 is 41.7 Å². The SMILES string of the molecule is C=CCCC(=O)NC[C@H](C)OC(=O)[C@@H]1[C@@H]2CC[C@]3(O2)[C@H](C(=O)N(CC=C)CCN2CCOCC2)N(CCCCCO)C(=O)[C@@H]13. The Kier molecular flexibility index (Phi) is 12.4. The second-order valence-electron chi connectivity index (χ2n) is 12.3. The zero-order valence-corrected chi connectivity index (χ0v) is 26.1. The average Bonchev–Trinajstić information content (AvgIpc) is 3.66. The largest absolute Gasteiger partial charge is 0.460 e. The van der Waals surface area contributed by atoms with Crippen molar-refractivity contribution in [2.75, 3.05) is 65.6 Å². The first-order valence-corrected chi connectivity index (χ1v) is 16.1. The number of nitrogens with zero attached hydrogens (tertiary/aromatic N) is 3. The number of fused-ring (bicyclic) bond motifs is 1. The van der Waals surface area contributed by atoms with Gasteiger partial charge in [0.05, 0.1) is 37.7 Å². The molecule has 6 atom stereocenters. The first-order valence-electron chi connectivity index (χ1n) is 16.1. The lowest BCUT2D eigenvalue weighted by Gasteiger charge is -2.37. The summed E-state index contributed by atoms with van der Waals surface area (Å²) >= 11 is 0. The first-order chi connectivity index (χ1) is 21.3. The molecule has 0 radical (unpaired) electrons. The normalized spacial score (nSPS) is 28.4. The molecule has 4 rings (SSSR count). The zero-order valence-electron chi connectivity index (χ0n) is 26.1. The van der Waals surface area contributed by atoms with Crippen LogP contribution in [0.15, 0.2) is 25.3 Å². The Morgan fingerprint density at radius 3 is 2.66 bits per heavy atom. The van der Waals surface area contributed by atoms with Crippen molar-refractivity contribution in [3.8, 4) is 0 Å². The number of hydrogen-bond donors (Lipinski definition) is 2. The smallest absolute Gasteiger partial charge is 0.312 e. The molecule has 1 spiro atoms. The molecular weight excluding hydrogens is 568 g/mol. The molecule has 12 heteroatoms. The molecular formula is C32H50N4O8. The number of esters is 1. The van der Waals surface area contributed by atoms with E-state index >= 15 is 0 Å². The van der Waals surface area contributed by atoms with Crippen LogP contribution in [0, 0.1) is 11.8 Å². The molecule has 44 heavy (non-hydrogen) atoms. The molecule has 246 valence electrons. The molecule has 0 aliphatic carbocycles. The number of aliphatic hydroxyl groups is 1. The van der Waals surface area contributed by atoms with E-state index in [9.17, 15) is 24.3 Å². The van der Waals surface area contributed by atoms with Gasteiger partial charge in [0.1, 0.15) is 17.7 Å². The summed E-state index contributed by atoms with van der Waals surface area (Å²) in [5.41, 5.74) is -1.11. The number of rotatable bonds is 18. The lowest BCUT2D eigenvalue weighted by Crippen LogP contribution is -2.57. The van der Waals surface area contributed by atoms with E-state index in [0.717, 1.165) is 13.1 Å². The van der Waals surface area contributed by atoms with Crippen molar-refractivity contribution in [1.82, 2.24) is 20.0 Å². The summed E-state index contributed by atoms with van der Waals surface area (Å²) in [6.07, 6.45) is 6.09. The van der Waals surface area contributed by atoms with E-state index in [1.54, 1.807) is 28.9 Å². The number of carbonyl (C=O) groups is 4. The highest BCUT2D eigenvalue weighted by atomic mass is 16.6. The van der Waals surface area contributed by atoms with Crippen LogP contribution in [0.1, 0.15) is 51.9 Å². The summed E-state index contributed by atoms with van der Waals surface area (Å²) < 4.78 is 17.8. The topological polar surface area (TPSA) is 138 Å². The number of carbonyl (C=O) groups excluding carboxylic acids is 4. The standard InChI is InChI=1S/C32H50N4O8/c1-4-6-10-25(38)33-22-23(3)43-31(41)26-24-11-12-32(44-24)27(26)29(39)36(14-8-7-9-19-37)28(32)30(40)35(13-5-2)16-15-34-17-20-42-21-18-34/h4-5,23-24,26-28,37H,1-2,6-22H2,3H3,(H,33,38)/t23-,24-,26+,27+,28-,32+/m0/s1. The van der Waals surface area contributed by atoms with Gasteiger partial charge in [-0.05, 0) is 45.4 Å². The van der Waals surface area contributed by atoms with Gasteiger partial charge in [0.2, 0.25) is 17.7 Å². The Morgan fingerprint density at radius 1 is 1.18 bits per heavy atom. The minimum atomic E-state index is -1.11. The number of allylic oxidation sites excluding steroid dienone is 1. The third kappa shape index (κ3) is 7.52. The maximum absolute atomic E-state index is 14.4. The van der Waals surface area contributed by atoms with Gasteiger partial charge in [-0.3, -0.25) is 24.1 Å². The van der Waals surface area contributed by atoms with Crippen molar-refractivity contribution in [2.24, 2.45) is 11.8 Å². The molecule has 0 aromatic heterocycles. The van der Waals surface area contributed by atoms with Gasteiger partial charge in [0.15, 0.2) is 0 Å². The van der Waals surface area contributed by atoms with Crippen LogP contribution in [0.25, 0.3) is 0 Å². The molecule has 2 bridgehead atoms. The van der Waals surface area contributed by atoms with Gasteiger partial charge < -0.3 is 34.4 Å². The fraction of sp³-hybridized carbons (Fsp3) is 0.750. The molecule has 4 fully saturated rings. The quantitative estimate of drug-likeness (QED) is 0.130. The van der Waals surface area contributed by atoms with Crippen LogP contribution >= 0.6 is 0 Å². The second-order valence-corrected chi connectivity index (χ2v) is 12.3. The van der Waals surface area contributed by atoms with Gasteiger partial charge in [-0.1, -0.05) is 12.2 Å². The molecule has 4 aliphatic rings. The summed E-state index contributed by atoms with van der Waals surface area (Å²) in [6, 6.07) is -0.858. The molecule has 0 aromatic rings. The highest BCUT2D eigenvalue weighted by Gasteiger charge is 2.75. The number of amides is 3. The van der Waals surface area contributed by atoms with Crippen molar-refractivity contribution < 1.29 is 38.5 Å². The Bertz CT molecular complexity index is 1050. The van der Waals surface area contributed by atoms with Crippen LogP contribution in [-0.2, 0) is 33.4 Å². The number of hydrogen-bond acceptors (Lipinski definition) is 9. The number of nitrogens with one attached hydrogen (secondary N) is 1. The number of unbranched alkanes of at least 4 members (excludes halogenated alkanes) is 2. The van der Waals surface area contributed by atoms with Crippen molar-refractivity contribution in [3.63, 3.8) is 0 Å². The predicted octanol–water partition coefficient (Wildman–Crippen LogP) is 0.885. The van der Waals surface area contributed by atoms with Crippen molar-refractivity contribution in [1.29, 1.82) is 0 Å². The maximum atomic E-state index is 14.4. The summed E-state index contributed by atoms with van der Waals surface area (Å²) in [5, 5.41) is 12.0. The molecule has 0 saturated carbocycles. The Hall–Kier alpha value is -2.80. The van der Waals surface area contributed by atoms with Crippen LogP contribution in [0.5, 0.6) is 0 Å². The molecule has 4 saturated heterocycles. The fourth-order valence-electron chi connectivity index (χ4n) is 7.12. The fourth-order valence-corrected chi connectivity index (χ4v) is 7.12. The van der Waals surface area contributed by atoms with E-state index in [2.05, 4.69) is 23.4 Å². The van der Waals surface area contributed by atoms with Crippen molar-refractivity contribution in [3.05, 3.63) is 25.3 Å². The monoisotopic (exact) mass is 618 g/mol. The van der Waals surface area contributed by atoms with E-state index in [1.807, 2.05) is 0 Å². The van der Waals surface area contributed by atoms with Gasteiger partial charge >= 0.3 is 5.97 Å². The van der Waals surface area contributed by atoms with E-state index in [-0.39, 0.29) is 30.9 Å². The maximum Gasteiger partial charge on any atom is 0.312 e. The Labute approximate surface area is 260 Å². The van der Waals surface area contributed by atoms with Crippen LogP contribution < -0.4 is 5.32 Å².